The molecule has 12 nitrogen and oxygen atoms in total. The third-order valence-electron chi connectivity index (χ3n) is 15.2. The molecule has 0 radical (unpaired) electrons. The van der Waals surface area contributed by atoms with Crippen LogP contribution in [-0.2, 0) is 103 Å². The minimum Gasteiger partial charge on any atom is -0.374 e. The number of hydrogen-bond acceptors (Lipinski definition) is 12. The maximum Gasteiger partial charge on any atom is 0.186 e. The van der Waals surface area contributed by atoms with Crippen molar-refractivity contribution in [1.82, 2.24) is 0 Å². The lowest BCUT2D eigenvalue weighted by atomic mass is 9.91. The highest BCUT2D eigenvalue weighted by Gasteiger charge is 2.51. The summed E-state index contributed by atoms with van der Waals surface area (Å²) in [5.41, 5.74) is 7.26. The van der Waals surface area contributed by atoms with Crippen molar-refractivity contribution in [2.24, 2.45) is 0 Å². The lowest BCUT2D eigenvalue weighted by Gasteiger charge is -2.47. The molecule has 0 bridgehead atoms. The SMILES string of the molecule is CO[C@H]1O[C@H](C[C@H]2CCC[C@@H]([C@H](I)CO[C@@H]3O[C@H](COCc4ccccc4)[C@@H](OCc4ccccc4)[C@H](OCc4ccccc4)[C@H]3OCc3ccccc3)O2)[C@@H](OCc2ccccc2)[C@H](OCc2ccccc2)[C@H]1OCc1ccccc1. The van der Waals surface area contributed by atoms with Gasteiger partial charge in [0, 0.05) is 13.5 Å². The van der Waals surface area contributed by atoms with Crippen molar-refractivity contribution < 1.29 is 56.8 Å². The molecule has 10 rings (SSSR count). The van der Waals surface area contributed by atoms with Crippen LogP contribution in [0.5, 0.6) is 0 Å². The van der Waals surface area contributed by atoms with Gasteiger partial charge in [0.05, 0.1) is 81.7 Å². The van der Waals surface area contributed by atoms with Gasteiger partial charge in [-0.1, -0.05) is 235 Å². The molecular formula is C69H77IO12. The van der Waals surface area contributed by atoms with Crippen LogP contribution in [0.15, 0.2) is 212 Å². The van der Waals surface area contributed by atoms with Crippen LogP contribution in [0.25, 0.3) is 0 Å². The summed E-state index contributed by atoms with van der Waals surface area (Å²) in [7, 11) is 1.66. The molecule has 0 aromatic heterocycles. The molecule has 0 amide bonds. The zero-order valence-corrected chi connectivity index (χ0v) is 48.8. The van der Waals surface area contributed by atoms with E-state index in [4.69, 9.17) is 56.8 Å². The van der Waals surface area contributed by atoms with E-state index >= 15 is 0 Å². The number of benzene rings is 7. The second kappa shape index (κ2) is 32.2. The van der Waals surface area contributed by atoms with Crippen molar-refractivity contribution in [3.05, 3.63) is 251 Å². The molecule has 0 N–H and O–H groups in total. The van der Waals surface area contributed by atoms with E-state index in [1.165, 1.54) is 0 Å². The van der Waals surface area contributed by atoms with E-state index in [0.29, 0.717) is 59.3 Å². The van der Waals surface area contributed by atoms with E-state index in [-0.39, 0.29) is 22.7 Å². The number of alkyl halides is 1. The summed E-state index contributed by atoms with van der Waals surface area (Å²) in [6, 6.07) is 71.2. The van der Waals surface area contributed by atoms with Gasteiger partial charge in [-0.15, -0.1) is 0 Å². The molecule has 0 spiro atoms. The summed E-state index contributed by atoms with van der Waals surface area (Å²) in [5.74, 6) is 0. The monoisotopic (exact) mass is 1220 g/mol. The first-order valence-electron chi connectivity index (χ1n) is 28.8. The zero-order chi connectivity index (χ0) is 56.0. The molecule has 3 aliphatic heterocycles. The van der Waals surface area contributed by atoms with Crippen LogP contribution in [0.3, 0.4) is 0 Å². The van der Waals surface area contributed by atoms with Crippen LogP contribution in [0.2, 0.25) is 0 Å². The van der Waals surface area contributed by atoms with Crippen LogP contribution in [0.1, 0.15) is 64.6 Å². The minimum absolute atomic E-state index is 0.0656. The summed E-state index contributed by atoms with van der Waals surface area (Å²) in [6.45, 7) is 2.98. The Morgan fingerprint density at radius 3 is 1.12 bits per heavy atom. The van der Waals surface area contributed by atoms with Crippen molar-refractivity contribution in [1.29, 1.82) is 0 Å². The van der Waals surface area contributed by atoms with Gasteiger partial charge in [-0.2, -0.15) is 0 Å². The maximum atomic E-state index is 7.14. The first kappa shape index (κ1) is 59.9. The summed E-state index contributed by atoms with van der Waals surface area (Å²) in [4.78, 5) is 0. The fourth-order valence-electron chi connectivity index (χ4n) is 10.9. The largest absolute Gasteiger partial charge is 0.374 e. The fraction of sp³-hybridized carbons (Fsp3) is 0.391. The Kier molecular flexibility index (Phi) is 23.5. The van der Waals surface area contributed by atoms with Gasteiger partial charge in [0.2, 0.25) is 0 Å². The Morgan fingerprint density at radius 2 is 0.720 bits per heavy atom. The average Bonchev–Trinajstić information content (AvgIpc) is 3.61. The number of ether oxygens (including phenoxy) is 12. The lowest BCUT2D eigenvalue weighted by Crippen LogP contribution is -2.62. The predicted octanol–water partition coefficient (Wildman–Crippen LogP) is 13.0. The average molecular weight is 1230 g/mol. The van der Waals surface area contributed by atoms with Crippen molar-refractivity contribution in [3.8, 4) is 0 Å². The first-order valence-corrected chi connectivity index (χ1v) is 30.1. The molecule has 3 saturated heterocycles. The number of methoxy groups -OCH3 is 1. The van der Waals surface area contributed by atoms with Crippen molar-refractivity contribution >= 4 is 22.6 Å². The molecular weight excluding hydrogens is 1150 g/mol. The van der Waals surface area contributed by atoms with Crippen LogP contribution < -0.4 is 0 Å². The minimum atomic E-state index is -0.850. The standard InChI is InChI=1S/C69H77IO12/c1-71-68-66(77-46-55-34-19-7-20-35-55)64(75-44-53-30-15-5-16-31-53)62(73-42-51-26-11-3-12-27-51)60(81-68)40-57-38-23-39-59(80-57)58(70)48-79-69-67(78-47-56-36-21-8-22-37-56)65(76-45-54-32-17-6-18-33-54)63(74-43-52-28-13-4-14-29-52)61(82-69)49-72-41-50-24-9-2-10-25-50/h2-22,24-37,57-69H,23,38-49H2,1H3/t57-,58-,59+,60-,61-,62-,63-,64+,65+,66-,67-,68+,69-/m1/s1. The van der Waals surface area contributed by atoms with Gasteiger partial charge in [-0.3, -0.25) is 0 Å². The normalized spacial score (nSPS) is 26.0. The Balaban J connectivity index is 0.878. The molecule has 13 atom stereocenters. The van der Waals surface area contributed by atoms with Crippen LogP contribution in [0.4, 0.5) is 0 Å². The molecule has 0 aliphatic carbocycles. The Hall–Kier alpha value is -5.21. The molecule has 3 aliphatic rings. The molecule has 3 fully saturated rings. The van der Waals surface area contributed by atoms with Gasteiger partial charge in [-0.05, 0) is 58.2 Å². The second-order valence-corrected chi connectivity index (χ2v) is 22.8. The number of hydrogen-bond donors (Lipinski definition) is 0. The molecule has 3 heterocycles. The Labute approximate surface area is 497 Å². The van der Waals surface area contributed by atoms with E-state index in [2.05, 4.69) is 108 Å². The van der Waals surface area contributed by atoms with Gasteiger partial charge in [0.1, 0.15) is 42.7 Å². The highest BCUT2D eigenvalue weighted by atomic mass is 127. The van der Waals surface area contributed by atoms with E-state index in [1.807, 2.05) is 127 Å². The topological polar surface area (TPSA) is 111 Å². The van der Waals surface area contributed by atoms with Crippen molar-refractivity contribution in [2.75, 3.05) is 20.3 Å². The smallest absolute Gasteiger partial charge is 0.186 e. The molecule has 432 valence electrons. The van der Waals surface area contributed by atoms with E-state index in [1.54, 1.807) is 7.11 Å². The third-order valence-corrected chi connectivity index (χ3v) is 16.4. The molecule has 7 aromatic carbocycles. The Bertz CT molecular complexity index is 2830. The summed E-state index contributed by atoms with van der Waals surface area (Å²) >= 11 is 2.49. The number of rotatable bonds is 29. The third kappa shape index (κ3) is 17.7. The maximum absolute atomic E-state index is 7.14. The lowest BCUT2D eigenvalue weighted by molar-refractivity contribution is -0.329. The second-order valence-electron chi connectivity index (χ2n) is 21.2. The quantitative estimate of drug-likeness (QED) is 0.0329. The van der Waals surface area contributed by atoms with Crippen LogP contribution in [-0.4, -0.2) is 97.9 Å². The highest BCUT2D eigenvalue weighted by Crippen LogP contribution is 2.37. The number of halogens is 1. The molecule has 7 aromatic rings. The van der Waals surface area contributed by atoms with Gasteiger partial charge in [0.15, 0.2) is 12.6 Å². The first-order chi connectivity index (χ1) is 40.5. The van der Waals surface area contributed by atoms with E-state index < -0.39 is 61.4 Å². The van der Waals surface area contributed by atoms with Crippen molar-refractivity contribution in [2.45, 2.75) is 149 Å². The highest BCUT2D eigenvalue weighted by molar-refractivity contribution is 14.1. The zero-order valence-electron chi connectivity index (χ0n) is 46.7. The van der Waals surface area contributed by atoms with Crippen LogP contribution in [0, 0.1) is 0 Å². The predicted molar refractivity (Wildman–Crippen MR) is 321 cm³/mol. The Morgan fingerprint density at radius 1 is 0.378 bits per heavy atom. The van der Waals surface area contributed by atoms with Gasteiger partial charge < -0.3 is 56.8 Å². The summed E-state index contributed by atoms with van der Waals surface area (Å²) < 4.78 is 82.3. The van der Waals surface area contributed by atoms with Crippen molar-refractivity contribution in [3.63, 3.8) is 0 Å². The summed E-state index contributed by atoms with van der Waals surface area (Å²) in [5, 5.41) is 0. The summed E-state index contributed by atoms with van der Waals surface area (Å²) in [6.07, 6.45) is -3.28. The van der Waals surface area contributed by atoms with E-state index in [0.717, 1.165) is 58.2 Å². The van der Waals surface area contributed by atoms with E-state index in [9.17, 15) is 0 Å². The van der Waals surface area contributed by atoms with Gasteiger partial charge >= 0.3 is 0 Å². The molecule has 0 unspecified atom stereocenters. The van der Waals surface area contributed by atoms with Gasteiger partial charge in [-0.25, -0.2) is 0 Å². The molecule has 0 saturated carbocycles. The van der Waals surface area contributed by atoms with Crippen LogP contribution >= 0.6 is 22.6 Å². The molecule has 82 heavy (non-hydrogen) atoms. The molecule has 13 heteroatoms. The van der Waals surface area contributed by atoms with Gasteiger partial charge in [0.25, 0.3) is 0 Å². The fourth-order valence-corrected chi connectivity index (χ4v) is 11.7.